The zero-order valence-electron chi connectivity index (χ0n) is 26.2. The highest BCUT2D eigenvalue weighted by Crippen LogP contribution is 2.45. The van der Waals surface area contributed by atoms with Gasteiger partial charge in [0.1, 0.15) is 11.0 Å². The molecule has 0 aromatic carbocycles. The second-order valence-electron chi connectivity index (χ2n) is 13.4. The maximum atomic E-state index is 14.7. The Morgan fingerprint density at radius 2 is 1.77 bits per heavy atom. The van der Waals surface area contributed by atoms with E-state index in [0.29, 0.717) is 63.4 Å². The molecule has 0 spiro atoms. The summed E-state index contributed by atoms with van der Waals surface area (Å²) >= 11 is 0. The molecule has 0 radical (unpaired) electrons. The molecule has 11 nitrogen and oxygen atoms in total. The van der Waals surface area contributed by atoms with Crippen LogP contribution >= 0.6 is 0 Å². The van der Waals surface area contributed by atoms with E-state index in [0.717, 1.165) is 82.6 Å². The van der Waals surface area contributed by atoms with Gasteiger partial charge in [0.25, 0.3) is 5.91 Å². The third-order valence-corrected chi connectivity index (χ3v) is 12.7. The molecule has 12 heteroatoms. The largest absolute Gasteiger partial charge is 0.615 e. The van der Waals surface area contributed by atoms with Crippen molar-refractivity contribution in [3.63, 3.8) is 0 Å². The molecular formula is C32H51N5O6S. The lowest BCUT2D eigenvalue weighted by Gasteiger charge is -2.39. The second kappa shape index (κ2) is 15.5. The molecule has 3 fully saturated rings. The van der Waals surface area contributed by atoms with Gasteiger partial charge in [-0.3, -0.25) is 4.79 Å². The van der Waals surface area contributed by atoms with Crippen LogP contribution in [-0.4, -0.2) is 81.4 Å². The van der Waals surface area contributed by atoms with Crippen molar-refractivity contribution in [1.29, 1.82) is 0 Å². The normalized spacial score (nSPS) is 31.5. The maximum absolute atomic E-state index is 14.7. The van der Waals surface area contributed by atoms with Crippen LogP contribution in [0.3, 0.4) is 0 Å². The lowest BCUT2D eigenvalue weighted by atomic mass is 9.79. The number of carbonyl (C=O) groups is 1. The fourth-order valence-corrected chi connectivity index (χ4v) is 9.90. The van der Waals surface area contributed by atoms with Gasteiger partial charge in [-0.2, -0.15) is 0 Å². The van der Waals surface area contributed by atoms with Gasteiger partial charge in [-0.15, -0.1) is 4.21 Å². The quantitative estimate of drug-likeness (QED) is 0.0914. The van der Waals surface area contributed by atoms with E-state index in [9.17, 15) is 19.1 Å². The van der Waals surface area contributed by atoms with E-state index in [2.05, 4.69) is 10.0 Å². The molecule has 5 rings (SSSR count). The van der Waals surface area contributed by atoms with Gasteiger partial charge in [-0.05, 0) is 114 Å². The molecule has 3 atom stereocenters. The van der Waals surface area contributed by atoms with Gasteiger partial charge in [0.2, 0.25) is 0 Å². The standard InChI is InChI=1S/C32H51N5O6S/c33-36-35-28-13-6-5-12-27(28)29-32(31(39)37-19-7-2-8-20-37,18-23-44(40,41)26-10-3-1-4-11-26)34-30(43-29)24-14-16-25(17-15-24)42-22-9-21-38/h24-26,29,38H,1-23H2/t24?,25?,29-,32-/m0/s1. The Hall–Kier alpha value is -1.98. The zero-order chi connectivity index (χ0) is 31.0. The number of nitrogens with zero attached hydrogens (tertiary/aromatic N) is 5. The molecule has 2 saturated carbocycles. The SMILES string of the molecule is [N-]=[N+]=NC1=C([C@@H]2OC(C3CCC(OCCCO)CC3)=N[C@]2(CC[S+](=O)([O-])C2CCCCC2)C(=O)N2CCCCC2)CCCC1. The van der Waals surface area contributed by atoms with E-state index in [-0.39, 0.29) is 42.0 Å². The van der Waals surface area contributed by atoms with Crippen molar-refractivity contribution in [2.45, 2.75) is 139 Å². The van der Waals surface area contributed by atoms with Crippen LogP contribution in [-0.2, 0) is 28.7 Å². The number of rotatable bonds is 12. The first-order chi connectivity index (χ1) is 21.4. The van der Waals surface area contributed by atoms with E-state index in [4.69, 9.17) is 19.6 Å². The minimum atomic E-state index is -3.44. The number of piperidine rings is 1. The number of amides is 1. The topological polar surface area (TPSA) is 160 Å². The number of hydrogen-bond donors (Lipinski definition) is 1. The number of aliphatic hydroxyl groups is 1. The summed E-state index contributed by atoms with van der Waals surface area (Å²) in [6.45, 7) is 1.90. The predicted octanol–water partition coefficient (Wildman–Crippen LogP) is 5.98. The van der Waals surface area contributed by atoms with Crippen molar-refractivity contribution in [1.82, 2.24) is 4.90 Å². The van der Waals surface area contributed by atoms with Gasteiger partial charge in [0, 0.05) is 59.5 Å². The number of ether oxygens (including phenoxy) is 2. The molecule has 246 valence electrons. The summed E-state index contributed by atoms with van der Waals surface area (Å²) in [6, 6.07) is 0. The van der Waals surface area contributed by atoms with Gasteiger partial charge in [0.15, 0.2) is 17.5 Å². The average Bonchev–Trinajstić information content (AvgIpc) is 3.46. The number of carbonyl (C=O) groups excluding carboxylic acids is 1. The van der Waals surface area contributed by atoms with Crippen LogP contribution < -0.4 is 0 Å². The summed E-state index contributed by atoms with van der Waals surface area (Å²) in [7, 11) is -3.44. The highest BCUT2D eigenvalue weighted by molar-refractivity contribution is 7.98. The first-order valence-corrected chi connectivity index (χ1v) is 18.9. The van der Waals surface area contributed by atoms with Crippen molar-refractivity contribution in [2.24, 2.45) is 16.0 Å². The molecule has 1 N–H and O–H groups in total. The lowest BCUT2D eigenvalue weighted by Crippen LogP contribution is -2.56. The van der Waals surface area contributed by atoms with Crippen molar-refractivity contribution in [2.75, 3.05) is 32.1 Å². The van der Waals surface area contributed by atoms with Crippen LogP contribution in [0.5, 0.6) is 0 Å². The predicted molar refractivity (Wildman–Crippen MR) is 169 cm³/mol. The van der Waals surface area contributed by atoms with Crippen LogP contribution in [0.4, 0.5) is 0 Å². The smallest absolute Gasteiger partial charge is 0.255 e. The lowest BCUT2D eigenvalue weighted by molar-refractivity contribution is -0.140. The van der Waals surface area contributed by atoms with E-state index >= 15 is 0 Å². The van der Waals surface area contributed by atoms with Crippen molar-refractivity contribution in [3.8, 4) is 0 Å². The first kappa shape index (κ1) is 33.4. The van der Waals surface area contributed by atoms with Gasteiger partial charge in [0.05, 0.1) is 6.10 Å². The van der Waals surface area contributed by atoms with Crippen molar-refractivity contribution < 1.29 is 28.1 Å². The van der Waals surface area contributed by atoms with E-state index in [1.807, 2.05) is 4.90 Å². The second-order valence-corrected chi connectivity index (χ2v) is 15.8. The van der Waals surface area contributed by atoms with Crippen LogP contribution in [0.15, 0.2) is 21.4 Å². The molecule has 44 heavy (non-hydrogen) atoms. The summed E-state index contributed by atoms with van der Waals surface area (Å²) in [5.41, 5.74) is 9.44. The third kappa shape index (κ3) is 7.69. The Balaban J connectivity index is 1.49. The molecular weight excluding hydrogens is 582 g/mol. The monoisotopic (exact) mass is 633 g/mol. The summed E-state index contributed by atoms with van der Waals surface area (Å²) in [5.74, 6) is 0.301. The first-order valence-electron chi connectivity index (χ1n) is 17.1. The fourth-order valence-electron chi connectivity index (χ4n) is 7.91. The number of hydrogen-bond acceptors (Lipinski definition) is 8. The molecule has 0 aromatic rings. The van der Waals surface area contributed by atoms with Gasteiger partial charge >= 0.3 is 0 Å². The minimum absolute atomic E-state index is 0.00767. The van der Waals surface area contributed by atoms with Crippen molar-refractivity contribution in [3.05, 3.63) is 21.7 Å². The maximum Gasteiger partial charge on any atom is 0.255 e. The van der Waals surface area contributed by atoms with Gasteiger partial charge < -0.3 is 24.0 Å². The molecule has 3 aliphatic carbocycles. The van der Waals surface area contributed by atoms with Crippen LogP contribution in [0, 0.1) is 5.92 Å². The Kier molecular flexibility index (Phi) is 11.8. The molecule has 2 heterocycles. The van der Waals surface area contributed by atoms with E-state index in [1.165, 1.54) is 0 Å². The number of aliphatic imine (C=N–C) groups is 1. The molecule has 2 aliphatic heterocycles. The van der Waals surface area contributed by atoms with E-state index in [1.54, 1.807) is 0 Å². The Morgan fingerprint density at radius 1 is 1.07 bits per heavy atom. The third-order valence-electron chi connectivity index (χ3n) is 10.5. The fraction of sp³-hybridized carbons (Fsp3) is 0.875. The highest BCUT2D eigenvalue weighted by atomic mass is 32.3. The molecule has 5 aliphatic rings. The number of azide groups is 1. The number of likely N-dealkylation sites (tertiary alicyclic amines) is 1. The van der Waals surface area contributed by atoms with Gasteiger partial charge in [-0.25, -0.2) is 4.99 Å². The number of allylic oxidation sites excluding steroid dienone is 1. The Labute approximate surface area is 263 Å². The summed E-state index contributed by atoms with van der Waals surface area (Å²) in [5, 5.41) is 12.8. The molecule has 1 saturated heterocycles. The molecule has 0 aromatic heterocycles. The Bertz CT molecular complexity index is 1150. The highest BCUT2D eigenvalue weighted by Gasteiger charge is 2.57. The number of sulfone groups is 1. The van der Waals surface area contributed by atoms with Crippen LogP contribution in [0.1, 0.15) is 116 Å². The molecule has 1 amide bonds. The van der Waals surface area contributed by atoms with E-state index < -0.39 is 21.9 Å². The average molecular weight is 634 g/mol. The van der Waals surface area contributed by atoms with Gasteiger partial charge in [-0.1, -0.05) is 11.5 Å². The zero-order valence-corrected chi connectivity index (χ0v) is 27.0. The molecule has 1 unspecified atom stereocenters. The van der Waals surface area contributed by atoms with Crippen LogP contribution in [0.25, 0.3) is 10.4 Å². The molecule has 0 bridgehead atoms. The van der Waals surface area contributed by atoms with Crippen LogP contribution in [0.2, 0.25) is 0 Å². The Morgan fingerprint density at radius 3 is 2.48 bits per heavy atom. The summed E-state index contributed by atoms with van der Waals surface area (Å²) < 4.78 is 40.2. The summed E-state index contributed by atoms with van der Waals surface area (Å²) in [6.07, 6.45) is 13.5. The summed E-state index contributed by atoms with van der Waals surface area (Å²) in [4.78, 5) is 24.9. The van der Waals surface area contributed by atoms with Crippen molar-refractivity contribution >= 4 is 22.0 Å². The minimum Gasteiger partial charge on any atom is -0.615 e. The number of aliphatic hydroxyl groups excluding tert-OH is 1.